The Labute approximate surface area is 213 Å². The fourth-order valence-electron chi connectivity index (χ4n) is 6.60. The number of benzene rings is 1. The predicted octanol–water partition coefficient (Wildman–Crippen LogP) is 7.14. The molecule has 7 rings (SSSR count). The van der Waals surface area contributed by atoms with Crippen LogP contribution >= 0.6 is 0 Å². The van der Waals surface area contributed by atoms with E-state index in [1.807, 2.05) is 12.3 Å². The van der Waals surface area contributed by atoms with E-state index in [1.54, 1.807) is 0 Å². The fraction of sp³-hybridized carbons (Fsp3) is 0.242. The average Bonchev–Trinajstić information content (AvgIpc) is 3.40. The van der Waals surface area contributed by atoms with Gasteiger partial charge in [-0.1, -0.05) is 74.6 Å². The topological polar surface area (TPSA) is 29.9 Å². The summed E-state index contributed by atoms with van der Waals surface area (Å²) in [5, 5.41) is 3.63. The highest BCUT2D eigenvalue weighted by molar-refractivity contribution is 5.91. The van der Waals surface area contributed by atoms with Gasteiger partial charge in [0.1, 0.15) is 0 Å². The Morgan fingerprint density at radius 2 is 1.94 bits per heavy atom. The van der Waals surface area contributed by atoms with Crippen molar-refractivity contribution in [3.8, 4) is 11.1 Å². The number of dihydropyridines is 1. The van der Waals surface area contributed by atoms with E-state index in [0.29, 0.717) is 0 Å². The molecule has 0 radical (unpaired) electrons. The van der Waals surface area contributed by atoms with E-state index in [4.69, 9.17) is 4.98 Å². The first-order valence-corrected chi connectivity index (χ1v) is 13.1. The Bertz CT molecular complexity index is 1520. The molecule has 2 aromatic heterocycles. The summed E-state index contributed by atoms with van der Waals surface area (Å²) in [4.78, 5) is 4.75. The summed E-state index contributed by atoms with van der Waals surface area (Å²) in [6.45, 7) is 5.67. The molecular formula is C33H31N3. The van der Waals surface area contributed by atoms with Crippen molar-refractivity contribution in [2.45, 2.75) is 38.5 Å². The molecule has 1 N–H and O–H groups in total. The minimum absolute atomic E-state index is 0.0744. The number of nitrogens with zero attached hydrogens (tertiary/aromatic N) is 2. The SMILES string of the molecule is CC1(C)c2ccccc2-c2c3c(n(C4=CC(C5=CC=CCN5)CC(c5ccccn5)=C4)c21)CCC=C3. The van der Waals surface area contributed by atoms with Crippen molar-refractivity contribution in [2.75, 3.05) is 6.54 Å². The van der Waals surface area contributed by atoms with Crippen LogP contribution in [0, 0.1) is 5.92 Å². The van der Waals surface area contributed by atoms with Gasteiger partial charge in [0.05, 0.1) is 5.69 Å². The molecule has 3 aromatic rings. The van der Waals surface area contributed by atoms with E-state index < -0.39 is 0 Å². The van der Waals surface area contributed by atoms with Crippen molar-refractivity contribution in [2.24, 2.45) is 5.92 Å². The Morgan fingerprint density at radius 3 is 2.78 bits per heavy atom. The van der Waals surface area contributed by atoms with Crippen LogP contribution in [0.25, 0.3) is 28.5 Å². The van der Waals surface area contributed by atoms with Gasteiger partial charge >= 0.3 is 0 Å². The maximum atomic E-state index is 4.75. The summed E-state index contributed by atoms with van der Waals surface area (Å²) >= 11 is 0. The lowest BCUT2D eigenvalue weighted by molar-refractivity contribution is 0.613. The van der Waals surface area contributed by atoms with Crippen LogP contribution in [0.15, 0.2) is 90.8 Å². The molecule has 3 aliphatic carbocycles. The molecule has 36 heavy (non-hydrogen) atoms. The van der Waals surface area contributed by atoms with Crippen molar-refractivity contribution in [3.05, 3.63) is 119 Å². The zero-order valence-electron chi connectivity index (χ0n) is 21.0. The monoisotopic (exact) mass is 469 g/mol. The lowest BCUT2D eigenvalue weighted by Crippen LogP contribution is -2.25. The van der Waals surface area contributed by atoms with Crippen LogP contribution in [-0.4, -0.2) is 16.1 Å². The maximum Gasteiger partial charge on any atom is 0.0662 e. The molecule has 178 valence electrons. The first-order chi connectivity index (χ1) is 17.6. The molecule has 0 bridgehead atoms. The second kappa shape index (κ2) is 8.09. The fourth-order valence-corrected chi connectivity index (χ4v) is 6.60. The summed E-state index contributed by atoms with van der Waals surface area (Å²) in [6.07, 6.45) is 21.2. The van der Waals surface area contributed by atoms with E-state index in [1.165, 1.54) is 50.6 Å². The molecule has 0 saturated carbocycles. The first kappa shape index (κ1) is 21.4. The first-order valence-electron chi connectivity index (χ1n) is 13.1. The molecular weight excluding hydrogens is 438 g/mol. The number of pyridine rings is 1. The molecule has 3 heterocycles. The number of nitrogens with one attached hydrogen (secondary N) is 1. The molecule has 0 amide bonds. The molecule has 3 heteroatoms. The van der Waals surface area contributed by atoms with E-state index in [-0.39, 0.29) is 11.3 Å². The van der Waals surface area contributed by atoms with Crippen LogP contribution in [0.2, 0.25) is 0 Å². The number of hydrogen-bond acceptors (Lipinski definition) is 2. The van der Waals surface area contributed by atoms with Gasteiger partial charge < -0.3 is 9.88 Å². The van der Waals surface area contributed by atoms with Crippen LogP contribution in [0.5, 0.6) is 0 Å². The summed E-state index contributed by atoms with van der Waals surface area (Å²) in [5.74, 6) is 0.284. The number of rotatable bonds is 3. The zero-order chi connectivity index (χ0) is 24.3. The van der Waals surface area contributed by atoms with Gasteiger partial charge in [0.25, 0.3) is 0 Å². The summed E-state index contributed by atoms with van der Waals surface area (Å²) in [5.41, 5.74) is 13.4. The molecule has 1 aromatic carbocycles. The van der Waals surface area contributed by atoms with Crippen molar-refractivity contribution >= 4 is 17.3 Å². The molecule has 0 fully saturated rings. The molecule has 0 spiro atoms. The van der Waals surface area contributed by atoms with Crippen molar-refractivity contribution < 1.29 is 0 Å². The second-order valence-electron chi connectivity index (χ2n) is 10.7. The Morgan fingerprint density at radius 1 is 1.06 bits per heavy atom. The van der Waals surface area contributed by atoms with E-state index in [9.17, 15) is 0 Å². The summed E-state index contributed by atoms with van der Waals surface area (Å²) < 4.78 is 2.61. The summed E-state index contributed by atoms with van der Waals surface area (Å²) in [7, 11) is 0. The van der Waals surface area contributed by atoms with Gasteiger partial charge in [-0.2, -0.15) is 0 Å². The largest absolute Gasteiger partial charge is 0.384 e. The van der Waals surface area contributed by atoms with Crippen LogP contribution in [0.4, 0.5) is 0 Å². The van der Waals surface area contributed by atoms with E-state index in [2.05, 4.69) is 103 Å². The number of allylic oxidation sites excluding steroid dienone is 7. The van der Waals surface area contributed by atoms with Crippen molar-refractivity contribution in [1.82, 2.24) is 14.9 Å². The third-order valence-corrected chi connectivity index (χ3v) is 8.23. The number of fused-ring (bicyclic) bond motifs is 5. The standard InChI is InChI=1S/C33H31N3/c1-33(2)27-13-5-3-11-25(27)31-26-12-4-6-16-30(26)36(32(31)33)24-20-22(28-14-7-9-17-34-28)19-23(21-24)29-15-8-10-18-35-29/h3-5,7-15,17,20-21,23,35H,6,16,18-19H2,1-2H3. The Kier molecular flexibility index (Phi) is 4.82. The smallest absolute Gasteiger partial charge is 0.0662 e. The van der Waals surface area contributed by atoms with Gasteiger partial charge in [0.2, 0.25) is 0 Å². The predicted molar refractivity (Wildman–Crippen MR) is 149 cm³/mol. The highest BCUT2D eigenvalue weighted by atomic mass is 15.0. The van der Waals surface area contributed by atoms with Gasteiger partial charge in [0, 0.05) is 58.0 Å². The van der Waals surface area contributed by atoms with E-state index >= 15 is 0 Å². The van der Waals surface area contributed by atoms with Gasteiger partial charge in [-0.15, -0.1) is 0 Å². The molecule has 3 nitrogen and oxygen atoms in total. The normalized spacial score (nSPS) is 21.1. The van der Waals surface area contributed by atoms with Crippen molar-refractivity contribution in [1.29, 1.82) is 0 Å². The third-order valence-electron chi connectivity index (χ3n) is 8.23. The van der Waals surface area contributed by atoms with Crippen LogP contribution in [0.1, 0.15) is 54.9 Å². The minimum atomic E-state index is -0.0744. The highest BCUT2D eigenvalue weighted by Crippen LogP contribution is 2.54. The van der Waals surface area contributed by atoms with E-state index in [0.717, 1.165) is 31.5 Å². The number of hydrogen-bond donors (Lipinski definition) is 1. The Balaban J connectivity index is 1.48. The second-order valence-corrected chi connectivity index (χ2v) is 10.7. The van der Waals surface area contributed by atoms with Gasteiger partial charge in [-0.25, -0.2) is 0 Å². The molecule has 1 atom stereocenters. The summed E-state index contributed by atoms with van der Waals surface area (Å²) in [6, 6.07) is 15.2. The molecule has 0 saturated heterocycles. The average molecular weight is 470 g/mol. The third kappa shape index (κ3) is 3.15. The molecule has 1 unspecified atom stereocenters. The lowest BCUT2D eigenvalue weighted by atomic mass is 9.84. The van der Waals surface area contributed by atoms with Gasteiger partial charge in [-0.05, 0) is 60.2 Å². The van der Waals surface area contributed by atoms with Crippen molar-refractivity contribution in [3.63, 3.8) is 0 Å². The van der Waals surface area contributed by atoms with Gasteiger partial charge in [0.15, 0.2) is 0 Å². The highest BCUT2D eigenvalue weighted by Gasteiger charge is 2.42. The molecule has 1 aliphatic heterocycles. The van der Waals surface area contributed by atoms with Crippen LogP contribution in [-0.2, 0) is 11.8 Å². The minimum Gasteiger partial charge on any atom is -0.384 e. The van der Waals surface area contributed by atoms with Crippen LogP contribution < -0.4 is 5.32 Å². The Hall–Kier alpha value is -3.85. The van der Waals surface area contributed by atoms with Gasteiger partial charge in [-0.3, -0.25) is 4.98 Å². The lowest BCUT2D eigenvalue weighted by Gasteiger charge is -2.30. The van der Waals surface area contributed by atoms with Crippen LogP contribution in [0.3, 0.4) is 0 Å². The number of aromatic nitrogens is 2. The molecule has 4 aliphatic rings. The zero-order valence-corrected chi connectivity index (χ0v) is 21.0. The maximum absolute atomic E-state index is 4.75. The quantitative estimate of drug-likeness (QED) is 0.442.